The molecule has 1 aromatic rings. The number of ether oxygens (including phenoxy) is 1. The van der Waals surface area contributed by atoms with Crippen molar-refractivity contribution in [3.63, 3.8) is 0 Å². The number of carboxylic acid groups (broad SMARTS) is 1. The third-order valence-corrected chi connectivity index (χ3v) is 6.38. The molecule has 1 amide bonds. The first-order valence-corrected chi connectivity index (χ1v) is 10.1. The van der Waals surface area contributed by atoms with Crippen LogP contribution in [0.15, 0.2) is 24.3 Å². The lowest BCUT2D eigenvalue weighted by atomic mass is 9.83. The highest BCUT2D eigenvalue weighted by molar-refractivity contribution is 5.64. The molecule has 1 atom stereocenters. The van der Waals surface area contributed by atoms with E-state index < -0.39 is 6.09 Å². The molecule has 2 N–H and O–H groups in total. The molecule has 0 radical (unpaired) electrons. The summed E-state index contributed by atoms with van der Waals surface area (Å²) in [5, 5.41) is 19.0. The van der Waals surface area contributed by atoms with Crippen LogP contribution in [-0.4, -0.2) is 72.5 Å². The van der Waals surface area contributed by atoms with Crippen molar-refractivity contribution in [3.8, 4) is 5.75 Å². The molecule has 6 heteroatoms. The van der Waals surface area contributed by atoms with E-state index in [9.17, 15) is 9.90 Å². The van der Waals surface area contributed by atoms with Crippen molar-refractivity contribution in [2.45, 2.75) is 31.6 Å². The molecule has 27 heavy (non-hydrogen) atoms. The number of benzene rings is 1. The van der Waals surface area contributed by atoms with Gasteiger partial charge < -0.3 is 24.7 Å². The third-order valence-electron chi connectivity index (χ3n) is 6.38. The maximum atomic E-state index is 11.1. The number of aliphatic hydroxyl groups is 1. The second-order valence-corrected chi connectivity index (χ2v) is 7.90. The highest BCUT2D eigenvalue weighted by atomic mass is 16.5. The number of hydrogen-bond donors (Lipinski definition) is 2. The molecular weight excluding hydrogens is 344 g/mol. The molecule has 2 aliphatic heterocycles. The monoisotopic (exact) mass is 376 g/mol. The standard InChI is InChI=1S/C21H32N2O4/c1-27-20-4-2-16(3-5-20)17-6-10-22(11-7-17)14-19(15-24)18-8-12-23(13-9-18)21(25)26/h2-5,17-19,24H,6-15H2,1H3,(H,25,26). The highest BCUT2D eigenvalue weighted by Gasteiger charge is 2.30. The van der Waals surface area contributed by atoms with Gasteiger partial charge in [-0.3, -0.25) is 0 Å². The Morgan fingerprint density at radius 2 is 1.74 bits per heavy atom. The lowest BCUT2D eigenvalue weighted by molar-refractivity contribution is 0.0683. The van der Waals surface area contributed by atoms with Crippen LogP contribution in [0.5, 0.6) is 5.75 Å². The summed E-state index contributed by atoms with van der Waals surface area (Å²) in [6, 6.07) is 8.41. The van der Waals surface area contributed by atoms with Crippen LogP contribution in [0, 0.1) is 11.8 Å². The molecule has 2 fully saturated rings. The summed E-state index contributed by atoms with van der Waals surface area (Å²) in [6.07, 6.45) is 3.18. The minimum atomic E-state index is -0.824. The van der Waals surface area contributed by atoms with Crippen LogP contribution in [0.4, 0.5) is 4.79 Å². The van der Waals surface area contributed by atoms with Crippen molar-refractivity contribution in [3.05, 3.63) is 29.8 Å². The van der Waals surface area contributed by atoms with E-state index in [1.807, 2.05) is 12.1 Å². The van der Waals surface area contributed by atoms with Crippen LogP contribution in [0.1, 0.15) is 37.2 Å². The summed E-state index contributed by atoms with van der Waals surface area (Å²) >= 11 is 0. The highest BCUT2D eigenvalue weighted by Crippen LogP contribution is 2.31. The Hall–Kier alpha value is -1.79. The molecule has 2 heterocycles. The predicted molar refractivity (Wildman–Crippen MR) is 104 cm³/mol. The number of piperidine rings is 2. The van der Waals surface area contributed by atoms with Gasteiger partial charge in [-0.2, -0.15) is 0 Å². The summed E-state index contributed by atoms with van der Waals surface area (Å²) in [7, 11) is 1.69. The quantitative estimate of drug-likeness (QED) is 0.799. The number of methoxy groups -OCH3 is 1. The van der Waals surface area contributed by atoms with Crippen LogP contribution in [-0.2, 0) is 0 Å². The van der Waals surface area contributed by atoms with Crippen molar-refractivity contribution < 1.29 is 19.7 Å². The summed E-state index contributed by atoms with van der Waals surface area (Å²) in [4.78, 5) is 15.0. The Morgan fingerprint density at radius 3 is 2.26 bits per heavy atom. The van der Waals surface area contributed by atoms with E-state index in [0.29, 0.717) is 24.9 Å². The van der Waals surface area contributed by atoms with Gasteiger partial charge in [0.25, 0.3) is 0 Å². The van der Waals surface area contributed by atoms with Crippen LogP contribution in [0.2, 0.25) is 0 Å². The molecule has 1 aromatic carbocycles. The van der Waals surface area contributed by atoms with E-state index in [-0.39, 0.29) is 12.5 Å². The molecular formula is C21H32N2O4. The van der Waals surface area contributed by atoms with Gasteiger partial charge in [0.1, 0.15) is 5.75 Å². The number of likely N-dealkylation sites (tertiary alicyclic amines) is 2. The Labute approximate surface area is 161 Å². The molecule has 6 nitrogen and oxygen atoms in total. The number of aliphatic hydroxyl groups excluding tert-OH is 1. The second kappa shape index (κ2) is 9.42. The van der Waals surface area contributed by atoms with Crippen LogP contribution >= 0.6 is 0 Å². The largest absolute Gasteiger partial charge is 0.497 e. The van der Waals surface area contributed by atoms with Gasteiger partial charge in [-0.15, -0.1) is 0 Å². The summed E-state index contributed by atoms with van der Waals surface area (Å²) in [6.45, 7) is 4.41. The summed E-state index contributed by atoms with van der Waals surface area (Å²) in [5.74, 6) is 2.16. The topological polar surface area (TPSA) is 73.2 Å². The predicted octanol–water partition coefficient (Wildman–Crippen LogP) is 2.87. The fourth-order valence-electron chi connectivity index (χ4n) is 4.57. The van der Waals surface area contributed by atoms with Crippen molar-refractivity contribution in [2.75, 3.05) is 46.4 Å². The molecule has 3 rings (SSSR count). The molecule has 0 saturated carbocycles. The van der Waals surface area contributed by atoms with Crippen molar-refractivity contribution in [1.29, 1.82) is 0 Å². The lowest BCUT2D eigenvalue weighted by Crippen LogP contribution is -2.44. The zero-order valence-corrected chi connectivity index (χ0v) is 16.2. The Balaban J connectivity index is 1.46. The van der Waals surface area contributed by atoms with Crippen LogP contribution in [0.25, 0.3) is 0 Å². The van der Waals surface area contributed by atoms with Crippen molar-refractivity contribution in [1.82, 2.24) is 9.80 Å². The van der Waals surface area contributed by atoms with Gasteiger partial charge in [0.15, 0.2) is 0 Å². The SMILES string of the molecule is COc1ccc(C2CCN(CC(CO)C3CCN(C(=O)O)CC3)CC2)cc1. The van der Waals surface area contributed by atoms with Gasteiger partial charge in [-0.25, -0.2) is 4.79 Å². The summed E-state index contributed by atoms with van der Waals surface area (Å²) in [5.41, 5.74) is 1.38. The molecule has 2 saturated heterocycles. The average molecular weight is 376 g/mol. The third kappa shape index (κ3) is 5.14. The number of amides is 1. The zero-order valence-electron chi connectivity index (χ0n) is 16.2. The van der Waals surface area contributed by atoms with Crippen LogP contribution < -0.4 is 4.74 Å². The fourth-order valence-corrected chi connectivity index (χ4v) is 4.57. The molecule has 150 valence electrons. The molecule has 0 bridgehead atoms. The minimum absolute atomic E-state index is 0.191. The van der Waals surface area contributed by atoms with E-state index in [1.54, 1.807) is 7.11 Å². The summed E-state index contributed by atoms with van der Waals surface area (Å²) < 4.78 is 5.24. The number of rotatable bonds is 6. The van der Waals surface area contributed by atoms with Gasteiger partial charge in [0, 0.05) is 26.2 Å². The molecule has 2 aliphatic rings. The smallest absolute Gasteiger partial charge is 0.407 e. The number of hydrogen-bond acceptors (Lipinski definition) is 4. The minimum Gasteiger partial charge on any atom is -0.497 e. The van der Waals surface area contributed by atoms with E-state index in [0.717, 1.165) is 51.1 Å². The van der Waals surface area contributed by atoms with E-state index in [1.165, 1.54) is 10.5 Å². The Kier molecular flexibility index (Phi) is 6.96. The first kappa shape index (κ1) is 20.0. The van der Waals surface area contributed by atoms with Crippen LogP contribution in [0.3, 0.4) is 0 Å². The van der Waals surface area contributed by atoms with Crippen molar-refractivity contribution in [2.24, 2.45) is 11.8 Å². The maximum Gasteiger partial charge on any atom is 0.407 e. The second-order valence-electron chi connectivity index (χ2n) is 7.90. The van der Waals surface area contributed by atoms with Gasteiger partial charge in [-0.1, -0.05) is 12.1 Å². The molecule has 1 unspecified atom stereocenters. The van der Waals surface area contributed by atoms with Gasteiger partial charge in [0.05, 0.1) is 7.11 Å². The van der Waals surface area contributed by atoms with Gasteiger partial charge in [0.2, 0.25) is 0 Å². The Morgan fingerprint density at radius 1 is 1.11 bits per heavy atom. The Bertz CT molecular complexity index is 591. The number of carbonyl (C=O) groups is 1. The molecule has 0 aliphatic carbocycles. The van der Waals surface area contributed by atoms with Crippen molar-refractivity contribution >= 4 is 6.09 Å². The first-order chi connectivity index (χ1) is 13.1. The van der Waals surface area contributed by atoms with E-state index >= 15 is 0 Å². The zero-order chi connectivity index (χ0) is 19.2. The number of nitrogens with zero attached hydrogens (tertiary/aromatic N) is 2. The fraction of sp³-hybridized carbons (Fsp3) is 0.667. The van der Waals surface area contributed by atoms with Gasteiger partial charge >= 0.3 is 6.09 Å². The molecule has 0 aromatic heterocycles. The van der Waals surface area contributed by atoms with E-state index in [2.05, 4.69) is 17.0 Å². The normalized spacial score (nSPS) is 21.2. The lowest BCUT2D eigenvalue weighted by Gasteiger charge is -2.38. The first-order valence-electron chi connectivity index (χ1n) is 10.1. The average Bonchev–Trinajstić information content (AvgIpc) is 2.72. The maximum absolute atomic E-state index is 11.1. The molecule has 0 spiro atoms. The van der Waals surface area contributed by atoms with E-state index in [4.69, 9.17) is 9.84 Å². The van der Waals surface area contributed by atoms with Gasteiger partial charge in [-0.05, 0) is 74.2 Å².